The molecule has 0 aliphatic carbocycles. The minimum absolute atomic E-state index is 0.0162. The maximum absolute atomic E-state index is 11.4. The van der Waals surface area contributed by atoms with Crippen molar-refractivity contribution in [2.75, 3.05) is 30.7 Å². The Morgan fingerprint density at radius 1 is 1.03 bits per heavy atom. The van der Waals surface area contributed by atoms with E-state index in [9.17, 15) is 23.7 Å². The molecule has 0 aliphatic heterocycles. The van der Waals surface area contributed by atoms with Crippen LogP contribution in [0.1, 0.15) is 17.2 Å². The van der Waals surface area contributed by atoms with Crippen LogP contribution in [0.4, 0.5) is 5.69 Å². The molecule has 0 heterocycles. The highest BCUT2D eigenvalue weighted by molar-refractivity contribution is 7.92. The first-order valence-electron chi connectivity index (χ1n) is 10.4. The number of hydrogen-bond acceptors (Lipinski definition) is 7. The van der Waals surface area contributed by atoms with E-state index in [1.807, 2.05) is 48.5 Å². The van der Waals surface area contributed by atoms with Crippen molar-refractivity contribution in [3.63, 3.8) is 0 Å². The lowest BCUT2D eigenvalue weighted by Gasteiger charge is -2.15. The first-order chi connectivity index (χ1) is 15.8. The largest absolute Gasteiger partial charge is 0.506 e. The summed E-state index contributed by atoms with van der Waals surface area (Å²) < 4.78 is 30.7. The van der Waals surface area contributed by atoms with E-state index in [0.29, 0.717) is 24.5 Å². The number of hydrogen-bond donors (Lipinski definition) is 5. The summed E-state index contributed by atoms with van der Waals surface area (Å²) in [6.45, 7) is 1.07. The van der Waals surface area contributed by atoms with Crippen molar-refractivity contribution in [2.45, 2.75) is 12.7 Å². The van der Waals surface area contributed by atoms with Gasteiger partial charge in [-0.3, -0.25) is 4.72 Å². The quantitative estimate of drug-likeness (QED) is 0.214. The molecule has 1 atom stereocenters. The Morgan fingerprint density at radius 3 is 2.45 bits per heavy atom. The molecule has 8 nitrogen and oxygen atoms in total. The van der Waals surface area contributed by atoms with Gasteiger partial charge in [0.05, 0.1) is 24.7 Å². The minimum Gasteiger partial charge on any atom is -0.506 e. The first-order valence-corrected chi connectivity index (χ1v) is 12.3. The van der Waals surface area contributed by atoms with Crippen LogP contribution in [0.5, 0.6) is 11.5 Å². The Morgan fingerprint density at radius 2 is 1.76 bits per heavy atom. The van der Waals surface area contributed by atoms with Crippen LogP contribution in [0.15, 0.2) is 66.7 Å². The van der Waals surface area contributed by atoms with Crippen molar-refractivity contribution in [3.8, 4) is 22.6 Å². The highest BCUT2D eigenvalue weighted by Gasteiger charge is 2.13. The molecule has 3 aromatic rings. The third-order valence-corrected chi connectivity index (χ3v) is 5.53. The van der Waals surface area contributed by atoms with Gasteiger partial charge in [0, 0.05) is 13.1 Å². The highest BCUT2D eigenvalue weighted by atomic mass is 32.2. The second-order valence-electron chi connectivity index (χ2n) is 7.56. The van der Waals surface area contributed by atoms with Crippen molar-refractivity contribution >= 4 is 15.7 Å². The van der Waals surface area contributed by atoms with Crippen molar-refractivity contribution in [1.29, 1.82) is 0 Å². The van der Waals surface area contributed by atoms with E-state index < -0.39 is 16.1 Å². The summed E-state index contributed by atoms with van der Waals surface area (Å²) in [6, 6.07) is 19.5. The maximum Gasteiger partial charge on any atom is 0.229 e. The van der Waals surface area contributed by atoms with Gasteiger partial charge in [-0.15, -0.1) is 0 Å². The maximum atomic E-state index is 11.4. The van der Waals surface area contributed by atoms with E-state index >= 15 is 0 Å². The zero-order valence-corrected chi connectivity index (χ0v) is 19.0. The van der Waals surface area contributed by atoms with Crippen LogP contribution < -0.4 is 14.8 Å². The Labute approximate surface area is 193 Å². The first kappa shape index (κ1) is 24.5. The lowest BCUT2D eigenvalue weighted by atomic mass is 10.0. The predicted molar refractivity (Wildman–Crippen MR) is 128 cm³/mol. The smallest absolute Gasteiger partial charge is 0.229 e. The number of ether oxygens (including phenoxy) is 1. The number of aromatic hydroxyl groups is 1. The summed E-state index contributed by atoms with van der Waals surface area (Å²) >= 11 is 0. The van der Waals surface area contributed by atoms with E-state index in [2.05, 4.69) is 10.0 Å². The fourth-order valence-electron chi connectivity index (χ4n) is 3.31. The van der Waals surface area contributed by atoms with Gasteiger partial charge in [0.2, 0.25) is 10.0 Å². The predicted octanol–water partition coefficient (Wildman–Crippen LogP) is 2.63. The Hall–Kier alpha value is -3.11. The van der Waals surface area contributed by atoms with E-state index in [-0.39, 0.29) is 24.6 Å². The summed E-state index contributed by atoms with van der Waals surface area (Å²) in [5.74, 6) is 0.487. The van der Waals surface area contributed by atoms with E-state index in [0.717, 1.165) is 22.9 Å². The lowest BCUT2D eigenvalue weighted by molar-refractivity contribution is 0.172. The Balaban J connectivity index is 1.46. The molecule has 176 valence electrons. The molecule has 0 spiro atoms. The molecule has 0 saturated heterocycles. The van der Waals surface area contributed by atoms with Crippen molar-refractivity contribution in [2.24, 2.45) is 0 Å². The van der Waals surface area contributed by atoms with Crippen LogP contribution in [0.3, 0.4) is 0 Å². The monoisotopic (exact) mass is 472 g/mol. The molecule has 9 heteroatoms. The van der Waals surface area contributed by atoms with Crippen LogP contribution in [0.25, 0.3) is 11.1 Å². The number of aliphatic hydroxyl groups is 2. The molecule has 0 aromatic heterocycles. The van der Waals surface area contributed by atoms with Gasteiger partial charge >= 0.3 is 0 Å². The van der Waals surface area contributed by atoms with Crippen LogP contribution in [-0.2, 0) is 16.6 Å². The SMILES string of the molecule is CS(=O)(=O)Nc1cc(C(O)CNCCOc2ccc(-c3ccccc3CO)cc2)ccc1O. The van der Waals surface area contributed by atoms with Crippen molar-refractivity contribution in [1.82, 2.24) is 5.32 Å². The molecule has 0 fully saturated rings. The molecular formula is C24H28N2O6S. The number of phenolic OH excluding ortho intramolecular Hbond substituents is 1. The molecular weight excluding hydrogens is 444 g/mol. The highest BCUT2D eigenvalue weighted by Crippen LogP contribution is 2.28. The van der Waals surface area contributed by atoms with Gasteiger partial charge in [-0.25, -0.2) is 8.42 Å². The van der Waals surface area contributed by atoms with Crippen molar-refractivity contribution < 1.29 is 28.5 Å². The Bertz CT molecular complexity index is 1170. The van der Waals surface area contributed by atoms with Crippen molar-refractivity contribution in [3.05, 3.63) is 77.9 Å². The number of anilines is 1. The Kier molecular flexibility index (Phi) is 8.29. The average Bonchev–Trinajstić information content (AvgIpc) is 2.79. The van der Waals surface area contributed by atoms with Crippen LogP contribution >= 0.6 is 0 Å². The molecule has 0 aliphatic rings. The standard InChI is InChI=1S/C24H28N2O6S/c1-33(30,31)26-22-14-18(8-11-23(22)28)24(29)15-25-12-13-32-20-9-6-17(7-10-20)21-5-3-2-4-19(21)16-27/h2-11,14,24-29H,12-13,15-16H2,1H3. The lowest BCUT2D eigenvalue weighted by Crippen LogP contribution is -2.26. The fourth-order valence-corrected chi connectivity index (χ4v) is 3.87. The molecule has 0 amide bonds. The van der Waals surface area contributed by atoms with Gasteiger partial charge in [0.1, 0.15) is 18.1 Å². The van der Waals surface area contributed by atoms with Gasteiger partial charge in [-0.2, -0.15) is 0 Å². The second kappa shape index (κ2) is 11.2. The van der Waals surface area contributed by atoms with Gasteiger partial charge in [-0.05, 0) is 46.5 Å². The fraction of sp³-hybridized carbons (Fsp3) is 0.250. The molecule has 5 N–H and O–H groups in total. The van der Waals surface area contributed by atoms with Crippen LogP contribution in [-0.4, -0.2) is 49.7 Å². The number of aliphatic hydroxyl groups excluding tert-OH is 2. The molecule has 0 radical (unpaired) electrons. The zero-order valence-electron chi connectivity index (χ0n) is 18.2. The van der Waals surface area contributed by atoms with Gasteiger partial charge in [-0.1, -0.05) is 42.5 Å². The van der Waals surface area contributed by atoms with Crippen LogP contribution in [0, 0.1) is 0 Å². The summed E-state index contributed by atoms with van der Waals surface area (Å²) in [5, 5.41) is 32.7. The van der Waals surface area contributed by atoms with Gasteiger partial charge in [0.15, 0.2) is 0 Å². The topological polar surface area (TPSA) is 128 Å². The number of benzene rings is 3. The van der Waals surface area contributed by atoms with E-state index in [4.69, 9.17) is 4.74 Å². The van der Waals surface area contributed by atoms with E-state index in [1.165, 1.54) is 18.2 Å². The molecule has 33 heavy (non-hydrogen) atoms. The summed E-state index contributed by atoms with van der Waals surface area (Å²) in [5.41, 5.74) is 3.31. The normalized spacial score (nSPS) is 12.3. The van der Waals surface area contributed by atoms with Gasteiger partial charge < -0.3 is 25.4 Å². The summed E-state index contributed by atoms with van der Waals surface area (Å²) in [6.07, 6.45) is 0.0927. The second-order valence-corrected chi connectivity index (χ2v) is 9.31. The number of phenols is 1. The summed E-state index contributed by atoms with van der Waals surface area (Å²) in [7, 11) is -3.55. The molecule has 1 unspecified atom stereocenters. The van der Waals surface area contributed by atoms with E-state index in [1.54, 1.807) is 0 Å². The molecule has 0 saturated carbocycles. The number of nitrogens with one attached hydrogen (secondary N) is 2. The molecule has 3 rings (SSSR count). The molecule has 0 bridgehead atoms. The minimum atomic E-state index is -3.55. The van der Waals surface area contributed by atoms with Crippen LogP contribution in [0.2, 0.25) is 0 Å². The number of sulfonamides is 1. The molecule has 3 aromatic carbocycles. The third kappa shape index (κ3) is 7.19. The third-order valence-electron chi connectivity index (χ3n) is 4.94. The zero-order chi connectivity index (χ0) is 23.8. The average molecular weight is 473 g/mol. The van der Waals surface area contributed by atoms with Gasteiger partial charge in [0.25, 0.3) is 0 Å². The summed E-state index contributed by atoms with van der Waals surface area (Å²) in [4.78, 5) is 0. The number of rotatable bonds is 11.